The molecule has 128 valence electrons. The fourth-order valence-electron chi connectivity index (χ4n) is 2.37. The number of nitrogens with zero attached hydrogens (tertiary/aromatic N) is 1. The Morgan fingerprint density at radius 2 is 2.04 bits per heavy atom. The Labute approximate surface area is 135 Å². The van der Waals surface area contributed by atoms with E-state index >= 15 is 0 Å². The Morgan fingerprint density at radius 3 is 2.65 bits per heavy atom. The molecule has 6 nitrogen and oxygen atoms in total. The fraction of sp³-hybridized carbons (Fsp3) is 0.533. The Morgan fingerprint density at radius 1 is 1.39 bits per heavy atom. The maximum absolute atomic E-state index is 13.3. The van der Waals surface area contributed by atoms with Crippen molar-refractivity contribution in [3.05, 3.63) is 29.8 Å². The van der Waals surface area contributed by atoms with Crippen molar-refractivity contribution in [2.45, 2.75) is 32.4 Å². The van der Waals surface area contributed by atoms with E-state index in [1.54, 1.807) is 45.0 Å². The molecular weight excluding hydrogens is 325 g/mol. The SMILES string of the molecule is CC(C)(C)OC(=O)N1CCOc2ccccc2C1CS(=O)(=O)F. The highest BCUT2D eigenvalue weighted by Crippen LogP contribution is 2.34. The summed E-state index contributed by atoms with van der Waals surface area (Å²) >= 11 is 0. The monoisotopic (exact) mass is 345 g/mol. The van der Waals surface area contributed by atoms with Crippen molar-refractivity contribution in [2.24, 2.45) is 0 Å². The van der Waals surface area contributed by atoms with Gasteiger partial charge in [0.1, 0.15) is 23.7 Å². The van der Waals surface area contributed by atoms with Crippen LogP contribution in [0.5, 0.6) is 5.75 Å². The minimum atomic E-state index is -4.80. The van der Waals surface area contributed by atoms with Gasteiger partial charge in [0.2, 0.25) is 0 Å². The van der Waals surface area contributed by atoms with Crippen molar-refractivity contribution >= 4 is 16.3 Å². The first-order chi connectivity index (χ1) is 10.6. The lowest BCUT2D eigenvalue weighted by molar-refractivity contribution is 0.0169. The highest BCUT2D eigenvalue weighted by Gasteiger charge is 2.35. The third-order valence-electron chi connectivity index (χ3n) is 3.23. The summed E-state index contributed by atoms with van der Waals surface area (Å²) in [5.41, 5.74) is -0.305. The zero-order valence-corrected chi connectivity index (χ0v) is 14.1. The fourth-order valence-corrected chi connectivity index (χ4v) is 3.11. The molecule has 1 unspecified atom stereocenters. The number of hydrogen-bond donors (Lipinski definition) is 0. The number of amides is 1. The zero-order chi connectivity index (χ0) is 17.3. The van der Waals surface area contributed by atoms with Crippen LogP contribution < -0.4 is 4.74 Å². The maximum atomic E-state index is 13.3. The number of halogens is 1. The maximum Gasteiger partial charge on any atom is 0.410 e. The van der Waals surface area contributed by atoms with Gasteiger partial charge in [-0.3, -0.25) is 4.90 Å². The van der Waals surface area contributed by atoms with Crippen LogP contribution in [0.2, 0.25) is 0 Å². The summed E-state index contributed by atoms with van der Waals surface area (Å²) in [5, 5.41) is 0. The van der Waals surface area contributed by atoms with Gasteiger partial charge in [-0.25, -0.2) is 4.79 Å². The first kappa shape index (κ1) is 17.5. The van der Waals surface area contributed by atoms with E-state index in [9.17, 15) is 17.1 Å². The molecule has 0 aromatic heterocycles. The number of fused-ring (bicyclic) bond motifs is 1. The largest absolute Gasteiger partial charge is 0.491 e. The molecule has 2 rings (SSSR count). The summed E-state index contributed by atoms with van der Waals surface area (Å²) in [6, 6.07) is 5.68. The number of rotatable bonds is 2. The highest BCUT2D eigenvalue weighted by molar-refractivity contribution is 7.86. The smallest absolute Gasteiger partial charge is 0.410 e. The van der Waals surface area contributed by atoms with Crippen molar-refractivity contribution in [1.29, 1.82) is 0 Å². The van der Waals surface area contributed by atoms with Crippen LogP contribution in [-0.2, 0) is 15.0 Å². The number of hydrogen-bond acceptors (Lipinski definition) is 5. The standard InChI is InChI=1S/C15H20FNO5S/c1-15(2,3)22-14(18)17-8-9-21-13-7-5-4-6-11(13)12(17)10-23(16,19)20/h4-7,12H,8-10H2,1-3H3. The summed E-state index contributed by atoms with van der Waals surface area (Å²) in [4.78, 5) is 13.6. The average Bonchev–Trinajstić information content (AvgIpc) is 2.55. The van der Waals surface area contributed by atoms with Crippen LogP contribution in [-0.4, -0.2) is 43.9 Å². The number of carbonyl (C=O) groups is 1. The molecule has 0 radical (unpaired) electrons. The van der Waals surface area contributed by atoms with Crippen LogP contribution in [0.25, 0.3) is 0 Å². The van der Waals surface area contributed by atoms with Gasteiger partial charge < -0.3 is 9.47 Å². The molecule has 1 aliphatic heterocycles. The van der Waals surface area contributed by atoms with Gasteiger partial charge in [0.15, 0.2) is 0 Å². The molecule has 0 bridgehead atoms. The van der Waals surface area contributed by atoms with Gasteiger partial charge >= 0.3 is 16.3 Å². The number of carbonyl (C=O) groups excluding carboxylic acids is 1. The van der Waals surface area contributed by atoms with E-state index in [-0.39, 0.29) is 13.2 Å². The van der Waals surface area contributed by atoms with Gasteiger partial charge in [0.05, 0.1) is 12.6 Å². The highest BCUT2D eigenvalue weighted by atomic mass is 32.3. The normalized spacial score (nSPS) is 18.6. The molecule has 0 saturated heterocycles. The lowest BCUT2D eigenvalue weighted by Crippen LogP contribution is -2.42. The zero-order valence-electron chi connectivity index (χ0n) is 13.3. The molecule has 0 saturated carbocycles. The predicted molar refractivity (Wildman–Crippen MR) is 82.5 cm³/mol. The lowest BCUT2D eigenvalue weighted by atomic mass is 10.1. The summed E-state index contributed by atoms with van der Waals surface area (Å²) < 4.78 is 46.5. The lowest BCUT2D eigenvalue weighted by Gasteiger charge is -2.31. The summed E-state index contributed by atoms with van der Waals surface area (Å²) in [5.74, 6) is -0.403. The van der Waals surface area contributed by atoms with Crippen LogP contribution in [0, 0.1) is 0 Å². The molecule has 1 aromatic carbocycles. The summed E-state index contributed by atoms with van der Waals surface area (Å²) in [6.07, 6.45) is -0.702. The number of ether oxygens (including phenoxy) is 2. The molecule has 0 fully saturated rings. The second-order valence-corrected chi connectivity index (χ2v) is 7.69. The van der Waals surface area contributed by atoms with Gasteiger partial charge in [-0.2, -0.15) is 8.42 Å². The quantitative estimate of drug-likeness (QED) is 0.771. The van der Waals surface area contributed by atoms with Gasteiger partial charge in [-0.05, 0) is 26.8 Å². The van der Waals surface area contributed by atoms with Crippen LogP contribution in [0.4, 0.5) is 8.68 Å². The van der Waals surface area contributed by atoms with Crippen molar-refractivity contribution in [2.75, 3.05) is 18.9 Å². The van der Waals surface area contributed by atoms with E-state index in [0.29, 0.717) is 11.3 Å². The van der Waals surface area contributed by atoms with Crippen molar-refractivity contribution in [3.63, 3.8) is 0 Å². The van der Waals surface area contributed by atoms with E-state index in [4.69, 9.17) is 9.47 Å². The van der Waals surface area contributed by atoms with Gasteiger partial charge in [0.25, 0.3) is 0 Å². The van der Waals surface area contributed by atoms with Crippen molar-refractivity contribution in [1.82, 2.24) is 4.90 Å². The first-order valence-electron chi connectivity index (χ1n) is 7.20. The van der Waals surface area contributed by atoms with E-state index in [1.807, 2.05) is 0 Å². The molecule has 8 heteroatoms. The third kappa shape index (κ3) is 4.82. The molecule has 1 aliphatic rings. The predicted octanol–water partition coefficient (Wildman–Crippen LogP) is 2.66. The van der Waals surface area contributed by atoms with E-state index < -0.39 is 33.7 Å². The number of para-hydroxylation sites is 1. The second-order valence-electron chi connectivity index (χ2n) is 6.28. The molecule has 0 aliphatic carbocycles. The van der Waals surface area contributed by atoms with Crippen molar-refractivity contribution in [3.8, 4) is 5.75 Å². The summed E-state index contributed by atoms with van der Waals surface area (Å²) in [7, 11) is -4.80. The van der Waals surface area contributed by atoms with Gasteiger partial charge in [0, 0.05) is 5.56 Å². The topological polar surface area (TPSA) is 72.9 Å². The van der Waals surface area contributed by atoms with Crippen LogP contribution >= 0.6 is 0 Å². The van der Waals surface area contributed by atoms with Crippen LogP contribution in [0.15, 0.2) is 24.3 Å². The Hall–Kier alpha value is -1.83. The Kier molecular flexibility index (Phi) is 4.84. The van der Waals surface area contributed by atoms with E-state index in [1.165, 1.54) is 4.90 Å². The molecule has 0 spiro atoms. The van der Waals surface area contributed by atoms with Crippen molar-refractivity contribution < 1.29 is 26.6 Å². The molecular formula is C15H20FNO5S. The summed E-state index contributed by atoms with van der Waals surface area (Å²) in [6.45, 7) is 5.37. The van der Waals surface area contributed by atoms with Crippen LogP contribution in [0.1, 0.15) is 32.4 Å². The molecule has 0 N–H and O–H groups in total. The van der Waals surface area contributed by atoms with E-state index in [2.05, 4.69) is 0 Å². The average molecular weight is 345 g/mol. The molecule has 1 heterocycles. The Balaban J connectivity index is 2.41. The van der Waals surface area contributed by atoms with Gasteiger partial charge in [-0.15, -0.1) is 3.89 Å². The number of benzene rings is 1. The minimum Gasteiger partial charge on any atom is -0.491 e. The first-order valence-corrected chi connectivity index (χ1v) is 8.76. The molecule has 1 aromatic rings. The second kappa shape index (κ2) is 6.35. The Bertz CT molecular complexity index is 683. The minimum absolute atomic E-state index is 0.101. The molecule has 1 amide bonds. The molecule has 23 heavy (non-hydrogen) atoms. The molecule has 1 atom stereocenters. The van der Waals surface area contributed by atoms with Crippen LogP contribution in [0.3, 0.4) is 0 Å². The van der Waals surface area contributed by atoms with Gasteiger partial charge in [-0.1, -0.05) is 18.2 Å². The van der Waals surface area contributed by atoms with E-state index in [0.717, 1.165) is 0 Å². The third-order valence-corrected chi connectivity index (χ3v) is 3.94.